The number of carbonyl (C=O) groups excluding carboxylic acids is 2. The summed E-state index contributed by atoms with van der Waals surface area (Å²) in [5.41, 5.74) is 0.0940. The van der Waals surface area contributed by atoms with Gasteiger partial charge in [0.25, 0.3) is 0 Å². The van der Waals surface area contributed by atoms with Crippen LogP contribution in [0.2, 0.25) is 0 Å². The highest BCUT2D eigenvalue weighted by molar-refractivity contribution is 7.80. The number of methoxy groups -OCH3 is 1. The van der Waals surface area contributed by atoms with Gasteiger partial charge in [-0.25, -0.2) is 4.79 Å². The number of carbonyl (C=O) groups is 2. The number of benzene rings is 1. The third-order valence-electron chi connectivity index (χ3n) is 10.4. The predicted octanol–water partition coefficient (Wildman–Crippen LogP) is 4.26. The van der Waals surface area contributed by atoms with E-state index in [-0.39, 0.29) is 49.6 Å². The van der Waals surface area contributed by atoms with Gasteiger partial charge in [0.05, 0.1) is 23.6 Å². The van der Waals surface area contributed by atoms with E-state index in [1.165, 1.54) is 0 Å². The van der Waals surface area contributed by atoms with Gasteiger partial charge < -0.3 is 34.2 Å². The van der Waals surface area contributed by atoms with Crippen LogP contribution in [0.3, 0.4) is 0 Å². The van der Waals surface area contributed by atoms with Crippen LogP contribution in [0.4, 0.5) is 18.0 Å². The zero-order valence-electron chi connectivity index (χ0n) is 27.2. The van der Waals surface area contributed by atoms with Crippen LogP contribution in [0.1, 0.15) is 41.6 Å². The molecule has 4 aliphatic rings. The van der Waals surface area contributed by atoms with Gasteiger partial charge in [-0.1, -0.05) is 30.3 Å². The minimum atomic E-state index is -4.53. The second-order valence-corrected chi connectivity index (χ2v) is 13.7. The molecule has 3 aliphatic heterocycles. The number of pyridine rings is 1. The first kappa shape index (κ1) is 34.4. The van der Waals surface area contributed by atoms with Crippen LogP contribution < -0.4 is 5.32 Å². The molecule has 5 atom stereocenters. The molecule has 2 amide bonds. The predicted molar refractivity (Wildman–Crippen MR) is 174 cm³/mol. The highest BCUT2D eigenvalue weighted by atomic mass is 32.1. The van der Waals surface area contributed by atoms with Crippen molar-refractivity contribution in [2.75, 3.05) is 53.6 Å². The molecule has 260 valence electrons. The molecule has 1 aromatic carbocycles. The number of nitrogens with zero attached hydrogens (tertiary/aromatic N) is 4. The Labute approximate surface area is 283 Å². The monoisotopic (exact) mass is 689 g/mol. The maximum Gasteiger partial charge on any atom is 0.417 e. The summed E-state index contributed by atoms with van der Waals surface area (Å²) < 4.78 is 57.7. The van der Waals surface area contributed by atoms with Gasteiger partial charge in [0.15, 0.2) is 5.11 Å². The molecular weight excluding hydrogens is 647 g/mol. The smallest absolute Gasteiger partial charge is 0.417 e. The summed E-state index contributed by atoms with van der Waals surface area (Å²) in [5.74, 6) is -0.220. The molecule has 1 saturated carbocycles. The van der Waals surface area contributed by atoms with E-state index in [0.29, 0.717) is 68.5 Å². The minimum Gasteiger partial charge on any atom is -0.445 e. The van der Waals surface area contributed by atoms with Crippen LogP contribution in [-0.4, -0.2) is 102 Å². The van der Waals surface area contributed by atoms with Gasteiger partial charge >= 0.3 is 12.3 Å². The number of fused-ring (bicyclic) bond motifs is 2. The number of hydrogen-bond donors (Lipinski definition) is 1. The first-order chi connectivity index (χ1) is 23.0. The van der Waals surface area contributed by atoms with Gasteiger partial charge in [-0.2, -0.15) is 13.2 Å². The molecule has 0 spiro atoms. The highest BCUT2D eigenvalue weighted by Crippen LogP contribution is 2.53. The fourth-order valence-electron chi connectivity index (χ4n) is 8.07. The Kier molecular flexibility index (Phi) is 10.1. The quantitative estimate of drug-likeness (QED) is 0.428. The second kappa shape index (κ2) is 14.2. The summed E-state index contributed by atoms with van der Waals surface area (Å²) in [4.78, 5) is 37.6. The Morgan fingerprint density at radius 1 is 1.23 bits per heavy atom. The molecule has 2 aromatic rings. The van der Waals surface area contributed by atoms with Crippen molar-refractivity contribution in [2.24, 2.45) is 17.3 Å². The molecule has 48 heavy (non-hydrogen) atoms. The van der Waals surface area contributed by atoms with Crippen molar-refractivity contribution in [1.82, 2.24) is 25.0 Å². The molecule has 10 nitrogen and oxygen atoms in total. The van der Waals surface area contributed by atoms with Crippen molar-refractivity contribution in [2.45, 2.75) is 57.2 Å². The lowest BCUT2D eigenvalue weighted by Crippen LogP contribution is -2.55. The van der Waals surface area contributed by atoms with Crippen molar-refractivity contribution < 1.29 is 37.0 Å². The first-order valence-corrected chi connectivity index (χ1v) is 16.8. The Balaban J connectivity index is 1.24. The van der Waals surface area contributed by atoms with E-state index in [2.05, 4.69) is 15.2 Å². The van der Waals surface area contributed by atoms with Crippen molar-refractivity contribution in [1.29, 1.82) is 0 Å². The zero-order chi connectivity index (χ0) is 34.1. The lowest BCUT2D eigenvalue weighted by molar-refractivity contribution is -0.144. The molecule has 1 N–H and O–H groups in total. The van der Waals surface area contributed by atoms with Gasteiger partial charge in [0.1, 0.15) is 12.7 Å². The van der Waals surface area contributed by atoms with Crippen molar-refractivity contribution in [3.8, 4) is 0 Å². The number of rotatable bonds is 7. The molecule has 2 saturated heterocycles. The summed E-state index contributed by atoms with van der Waals surface area (Å²) >= 11 is 5.76. The molecule has 1 aromatic heterocycles. The average molecular weight is 690 g/mol. The maximum absolute atomic E-state index is 14.7. The van der Waals surface area contributed by atoms with E-state index in [9.17, 15) is 22.8 Å². The number of nitrogens with one attached hydrogen (secondary N) is 1. The SMILES string of the molecule is CNC(=S)N(CC1C[C@H]2CN(C(=O)OCc3ccccc3)C[C@@]2(C(=O)N2CCc3ncc(C(F)(F)F)cc3C2)C1)C1CCOCC1OC. The van der Waals surface area contributed by atoms with E-state index in [4.69, 9.17) is 26.4 Å². The van der Waals surface area contributed by atoms with Crippen LogP contribution in [0.5, 0.6) is 0 Å². The van der Waals surface area contributed by atoms with E-state index >= 15 is 0 Å². The second-order valence-electron chi connectivity index (χ2n) is 13.3. The number of aromatic nitrogens is 1. The van der Waals surface area contributed by atoms with Crippen LogP contribution in [-0.2, 0) is 44.8 Å². The molecule has 0 radical (unpaired) electrons. The van der Waals surface area contributed by atoms with Gasteiger partial charge in [0.2, 0.25) is 5.91 Å². The maximum atomic E-state index is 14.7. The molecule has 1 aliphatic carbocycles. The summed E-state index contributed by atoms with van der Waals surface area (Å²) in [6, 6.07) is 10.5. The lowest BCUT2D eigenvalue weighted by atomic mass is 9.78. The number of alkyl halides is 3. The average Bonchev–Trinajstić information content (AvgIpc) is 3.63. The minimum absolute atomic E-state index is 0.00539. The number of halogens is 3. The number of thiocarbonyl (C=S) groups is 1. The van der Waals surface area contributed by atoms with E-state index < -0.39 is 23.2 Å². The third kappa shape index (κ3) is 6.97. The lowest BCUT2D eigenvalue weighted by Gasteiger charge is -2.41. The first-order valence-electron chi connectivity index (χ1n) is 16.4. The molecule has 3 unspecified atom stereocenters. The van der Waals surface area contributed by atoms with E-state index in [1.54, 1.807) is 24.0 Å². The normalized spacial score (nSPS) is 26.9. The van der Waals surface area contributed by atoms with Gasteiger partial charge in [-0.15, -0.1) is 0 Å². The van der Waals surface area contributed by atoms with Crippen LogP contribution in [0, 0.1) is 17.3 Å². The Morgan fingerprint density at radius 2 is 2.02 bits per heavy atom. The van der Waals surface area contributed by atoms with Crippen LogP contribution in [0.25, 0.3) is 0 Å². The third-order valence-corrected chi connectivity index (χ3v) is 10.9. The summed E-state index contributed by atoms with van der Waals surface area (Å²) in [6.07, 6.45) is -2.04. The van der Waals surface area contributed by atoms with Crippen molar-refractivity contribution in [3.05, 3.63) is 65.0 Å². The number of likely N-dealkylation sites (tertiary alicyclic amines) is 1. The zero-order valence-corrected chi connectivity index (χ0v) is 28.0. The molecule has 14 heteroatoms. The van der Waals surface area contributed by atoms with E-state index in [0.717, 1.165) is 24.2 Å². The van der Waals surface area contributed by atoms with Gasteiger partial charge in [-0.05, 0) is 60.5 Å². The van der Waals surface area contributed by atoms with Gasteiger partial charge in [0, 0.05) is 71.8 Å². The largest absolute Gasteiger partial charge is 0.445 e. The molecule has 0 bridgehead atoms. The Bertz CT molecular complexity index is 1500. The fourth-order valence-corrected chi connectivity index (χ4v) is 8.28. The molecular formula is C34H42F3N5O5S. The van der Waals surface area contributed by atoms with Gasteiger partial charge in [-0.3, -0.25) is 9.78 Å². The van der Waals surface area contributed by atoms with E-state index in [1.807, 2.05) is 30.3 Å². The molecule has 6 rings (SSSR count). The number of amides is 2. The Morgan fingerprint density at radius 3 is 2.75 bits per heavy atom. The summed E-state index contributed by atoms with van der Waals surface area (Å²) in [5, 5.41) is 3.71. The highest BCUT2D eigenvalue weighted by Gasteiger charge is 2.60. The molecule has 3 fully saturated rings. The van der Waals surface area contributed by atoms with Crippen molar-refractivity contribution in [3.63, 3.8) is 0 Å². The topological polar surface area (TPSA) is 96.5 Å². The summed E-state index contributed by atoms with van der Waals surface area (Å²) in [7, 11) is 3.45. The van der Waals surface area contributed by atoms with Crippen LogP contribution >= 0.6 is 12.2 Å². The Hall–Kier alpha value is -3.49. The summed E-state index contributed by atoms with van der Waals surface area (Å²) in [6.45, 7) is 2.67. The standard InChI is InChI=1S/C34H42F3N5O5S/c1-38-31(48)42(28-9-11-46-20-29(28)45-2)16-23-12-26-18-41(32(44)47-19-22-6-4-3-5-7-22)21-33(26,14-23)30(43)40-10-8-27-24(17-40)13-25(15-39-27)34(35,36)37/h3-7,13,15,23,26,28-29H,8-12,14,16-21H2,1-2H3,(H,38,48)/t23?,26-,28?,29?,33-/m0/s1. The fraction of sp³-hybridized carbons (Fsp3) is 0.588. The van der Waals surface area contributed by atoms with Crippen molar-refractivity contribution >= 4 is 29.3 Å². The number of ether oxygens (including phenoxy) is 3. The molecule has 4 heterocycles. The number of hydrogen-bond acceptors (Lipinski definition) is 7. The van der Waals surface area contributed by atoms with Crippen LogP contribution in [0.15, 0.2) is 42.6 Å².